The third kappa shape index (κ3) is 2.82. The van der Waals surface area contributed by atoms with Crippen LogP contribution in [0.15, 0.2) is 12.1 Å². The maximum Gasteiger partial charge on any atom is 0.259 e. The van der Waals surface area contributed by atoms with Gasteiger partial charge in [-0.1, -0.05) is 18.9 Å². The van der Waals surface area contributed by atoms with Crippen LogP contribution in [0.25, 0.3) is 0 Å². The lowest BCUT2D eigenvalue weighted by molar-refractivity contribution is 0.0153. The fourth-order valence-corrected chi connectivity index (χ4v) is 2.75. The second-order valence-electron chi connectivity index (χ2n) is 5.65. The molecule has 0 spiro atoms. The summed E-state index contributed by atoms with van der Waals surface area (Å²) in [5, 5.41) is 10.3. The van der Waals surface area contributed by atoms with Crippen molar-refractivity contribution < 1.29 is 18.7 Å². The average Bonchev–Trinajstić information content (AvgIpc) is 2.80. The molecule has 3 nitrogen and oxygen atoms in total. The minimum Gasteiger partial charge on any atom is -0.388 e. The molecule has 1 aliphatic carbocycles. The number of hydrogen-bond donors (Lipinski definition) is 1. The number of rotatable bonds is 3. The molecule has 1 aromatic rings. The largest absolute Gasteiger partial charge is 0.388 e. The Hall–Kier alpha value is -1.49. The third-order valence-electron chi connectivity index (χ3n) is 3.91. The van der Waals surface area contributed by atoms with E-state index in [0.717, 1.165) is 18.9 Å². The van der Waals surface area contributed by atoms with Gasteiger partial charge in [0.15, 0.2) is 0 Å². The van der Waals surface area contributed by atoms with Crippen LogP contribution in [0.2, 0.25) is 0 Å². The first-order valence-corrected chi connectivity index (χ1v) is 6.76. The van der Waals surface area contributed by atoms with E-state index in [2.05, 4.69) is 0 Å². The molecule has 1 aromatic carbocycles. The summed E-state index contributed by atoms with van der Waals surface area (Å²) in [4.78, 5) is 13.4. The number of likely N-dealkylation sites (N-methyl/N-ethyl adjacent to an activating group) is 1. The van der Waals surface area contributed by atoms with Crippen molar-refractivity contribution in [2.75, 3.05) is 13.6 Å². The lowest BCUT2D eigenvalue weighted by Gasteiger charge is -2.28. The predicted octanol–water partition coefficient (Wildman–Crippen LogP) is 2.65. The fourth-order valence-electron chi connectivity index (χ4n) is 2.75. The van der Waals surface area contributed by atoms with Crippen molar-refractivity contribution in [2.45, 2.75) is 38.2 Å². The molecular weight excluding hydrogens is 264 g/mol. The van der Waals surface area contributed by atoms with Gasteiger partial charge >= 0.3 is 0 Å². The van der Waals surface area contributed by atoms with Crippen LogP contribution in [-0.2, 0) is 0 Å². The van der Waals surface area contributed by atoms with Gasteiger partial charge in [-0.2, -0.15) is 0 Å². The molecule has 110 valence electrons. The normalized spacial score (nSPS) is 17.2. The predicted molar refractivity (Wildman–Crippen MR) is 71.5 cm³/mol. The number of carbonyl (C=O) groups excluding carboxylic acids is 1. The molecule has 5 heteroatoms. The molecule has 0 unspecified atom stereocenters. The van der Waals surface area contributed by atoms with E-state index in [1.165, 1.54) is 24.9 Å². The monoisotopic (exact) mass is 283 g/mol. The van der Waals surface area contributed by atoms with Crippen molar-refractivity contribution in [3.63, 3.8) is 0 Å². The summed E-state index contributed by atoms with van der Waals surface area (Å²) in [6, 6.07) is 2.38. The summed E-state index contributed by atoms with van der Waals surface area (Å²) in [5.74, 6) is -2.44. The molecule has 0 radical (unpaired) electrons. The Balaban J connectivity index is 2.21. The molecule has 0 atom stereocenters. The lowest BCUT2D eigenvalue weighted by Crippen LogP contribution is -2.42. The van der Waals surface area contributed by atoms with Gasteiger partial charge in [0, 0.05) is 13.6 Å². The van der Waals surface area contributed by atoms with E-state index in [-0.39, 0.29) is 12.1 Å². The molecule has 0 saturated heterocycles. The van der Waals surface area contributed by atoms with Crippen LogP contribution in [0.3, 0.4) is 0 Å². The van der Waals surface area contributed by atoms with Crippen LogP contribution < -0.4 is 0 Å². The summed E-state index contributed by atoms with van der Waals surface area (Å²) in [6.45, 7) is 1.58. The zero-order valence-corrected chi connectivity index (χ0v) is 11.7. The van der Waals surface area contributed by atoms with E-state index in [0.29, 0.717) is 12.8 Å². The van der Waals surface area contributed by atoms with Gasteiger partial charge in [-0.05, 0) is 31.4 Å². The second kappa shape index (κ2) is 5.48. The Labute approximate surface area is 117 Å². The van der Waals surface area contributed by atoms with Gasteiger partial charge in [0.25, 0.3) is 5.91 Å². The molecule has 0 bridgehead atoms. The minimum absolute atomic E-state index is 0.0959. The van der Waals surface area contributed by atoms with Gasteiger partial charge in [0.05, 0.1) is 5.60 Å². The van der Waals surface area contributed by atoms with Gasteiger partial charge < -0.3 is 10.0 Å². The van der Waals surface area contributed by atoms with E-state index >= 15 is 0 Å². The van der Waals surface area contributed by atoms with Crippen molar-refractivity contribution >= 4 is 5.91 Å². The highest BCUT2D eigenvalue weighted by molar-refractivity contribution is 5.94. The molecule has 1 fully saturated rings. The van der Waals surface area contributed by atoms with E-state index in [4.69, 9.17) is 0 Å². The number of nitrogens with zero attached hydrogens (tertiary/aromatic N) is 1. The number of aliphatic hydroxyl groups is 1. The van der Waals surface area contributed by atoms with Gasteiger partial charge in [0.1, 0.15) is 17.2 Å². The van der Waals surface area contributed by atoms with Crippen LogP contribution in [0.4, 0.5) is 8.78 Å². The number of hydrogen-bond acceptors (Lipinski definition) is 2. The SMILES string of the molecule is Cc1ccc(F)c(C(=O)N(C)CC2(O)CCCC2)c1F. The number of carbonyl (C=O) groups is 1. The molecule has 1 aliphatic rings. The average molecular weight is 283 g/mol. The van der Waals surface area contributed by atoms with Gasteiger partial charge in [0.2, 0.25) is 0 Å². The molecule has 0 aliphatic heterocycles. The van der Waals surface area contributed by atoms with Crippen LogP contribution in [-0.4, -0.2) is 35.1 Å². The molecule has 0 heterocycles. The van der Waals surface area contributed by atoms with Crippen LogP contribution in [0, 0.1) is 18.6 Å². The highest BCUT2D eigenvalue weighted by Gasteiger charge is 2.34. The fraction of sp³-hybridized carbons (Fsp3) is 0.533. The maximum absolute atomic E-state index is 13.9. The van der Waals surface area contributed by atoms with Crippen molar-refractivity contribution in [1.82, 2.24) is 4.90 Å². The van der Waals surface area contributed by atoms with E-state index in [9.17, 15) is 18.7 Å². The van der Waals surface area contributed by atoms with Crippen molar-refractivity contribution in [3.05, 3.63) is 34.9 Å². The first kappa shape index (κ1) is 14.9. The number of aryl methyl sites for hydroxylation is 1. The second-order valence-corrected chi connectivity index (χ2v) is 5.65. The Morgan fingerprint density at radius 2 is 1.95 bits per heavy atom. The molecule has 2 rings (SSSR count). The zero-order valence-electron chi connectivity index (χ0n) is 11.7. The molecule has 20 heavy (non-hydrogen) atoms. The van der Waals surface area contributed by atoms with Gasteiger partial charge in [-0.3, -0.25) is 4.79 Å². The van der Waals surface area contributed by atoms with Crippen molar-refractivity contribution in [1.29, 1.82) is 0 Å². The first-order valence-electron chi connectivity index (χ1n) is 6.76. The first-order chi connectivity index (χ1) is 9.34. The topological polar surface area (TPSA) is 40.5 Å². The van der Waals surface area contributed by atoms with Crippen molar-refractivity contribution in [3.8, 4) is 0 Å². The third-order valence-corrected chi connectivity index (χ3v) is 3.91. The summed E-state index contributed by atoms with van der Waals surface area (Å²) in [7, 11) is 1.46. The Morgan fingerprint density at radius 3 is 2.55 bits per heavy atom. The van der Waals surface area contributed by atoms with Gasteiger partial charge in [-0.25, -0.2) is 8.78 Å². The maximum atomic E-state index is 13.9. The summed E-state index contributed by atoms with van der Waals surface area (Å²) < 4.78 is 27.6. The molecule has 1 N–H and O–H groups in total. The number of amides is 1. The van der Waals surface area contributed by atoms with E-state index in [1.54, 1.807) is 0 Å². The van der Waals surface area contributed by atoms with Gasteiger partial charge in [-0.15, -0.1) is 0 Å². The molecular formula is C15H19F2NO2. The minimum atomic E-state index is -0.929. The number of halogens is 2. The Morgan fingerprint density at radius 1 is 1.35 bits per heavy atom. The van der Waals surface area contributed by atoms with Crippen molar-refractivity contribution in [2.24, 2.45) is 0 Å². The van der Waals surface area contributed by atoms with Crippen LogP contribution in [0.5, 0.6) is 0 Å². The summed E-state index contributed by atoms with van der Waals surface area (Å²) in [5.41, 5.74) is -1.25. The number of benzene rings is 1. The van der Waals surface area contributed by atoms with E-state index in [1.807, 2.05) is 0 Å². The Bertz CT molecular complexity index is 525. The van der Waals surface area contributed by atoms with E-state index < -0.39 is 28.7 Å². The highest BCUT2D eigenvalue weighted by atomic mass is 19.1. The molecule has 1 amide bonds. The Kier molecular flexibility index (Phi) is 4.09. The molecule has 1 saturated carbocycles. The summed E-state index contributed by atoms with van der Waals surface area (Å²) in [6.07, 6.45) is 3.05. The zero-order chi connectivity index (χ0) is 14.9. The standard InChI is InChI=1S/C15H19F2NO2/c1-10-5-6-11(16)12(13(10)17)14(19)18(2)9-15(20)7-3-4-8-15/h5-6,20H,3-4,7-9H2,1-2H3. The quantitative estimate of drug-likeness (QED) is 0.926. The summed E-state index contributed by atoms with van der Waals surface area (Å²) >= 11 is 0. The highest BCUT2D eigenvalue weighted by Crippen LogP contribution is 2.30. The van der Waals surface area contributed by atoms with Crippen LogP contribution >= 0.6 is 0 Å². The smallest absolute Gasteiger partial charge is 0.259 e. The van der Waals surface area contributed by atoms with Crippen LogP contribution in [0.1, 0.15) is 41.6 Å². The molecule has 0 aromatic heterocycles. The lowest BCUT2D eigenvalue weighted by atomic mass is 10.0.